The summed E-state index contributed by atoms with van der Waals surface area (Å²) in [5.41, 5.74) is 5.41. The highest BCUT2D eigenvalue weighted by molar-refractivity contribution is 5.72. The highest BCUT2D eigenvalue weighted by atomic mass is 19.4. The number of hydrogen-bond acceptors (Lipinski definition) is 6. The maximum Gasteiger partial charge on any atom is 0.416 e. The van der Waals surface area contributed by atoms with Crippen molar-refractivity contribution in [2.75, 3.05) is 11.1 Å². The van der Waals surface area contributed by atoms with Gasteiger partial charge in [0.2, 0.25) is 5.88 Å². The molecule has 0 amide bonds. The molecule has 1 aromatic carbocycles. The van der Waals surface area contributed by atoms with Crippen LogP contribution in [0.2, 0.25) is 0 Å². The Kier molecular flexibility index (Phi) is 4.38. The first-order chi connectivity index (χ1) is 11.9. The molecule has 9 heteroatoms. The van der Waals surface area contributed by atoms with Crippen LogP contribution in [0.1, 0.15) is 5.56 Å². The first-order valence-corrected chi connectivity index (χ1v) is 7.06. The number of benzene rings is 1. The first kappa shape index (κ1) is 16.5. The van der Waals surface area contributed by atoms with Crippen molar-refractivity contribution in [2.45, 2.75) is 6.18 Å². The van der Waals surface area contributed by atoms with Crippen molar-refractivity contribution < 1.29 is 17.9 Å². The molecule has 3 aromatic rings. The molecule has 25 heavy (non-hydrogen) atoms. The van der Waals surface area contributed by atoms with Crippen LogP contribution in [0.15, 0.2) is 55.1 Å². The van der Waals surface area contributed by atoms with Crippen LogP contribution in [0.4, 0.5) is 30.4 Å². The van der Waals surface area contributed by atoms with Crippen LogP contribution in [-0.2, 0) is 6.18 Å². The smallest absolute Gasteiger partial charge is 0.416 e. The van der Waals surface area contributed by atoms with E-state index in [-0.39, 0.29) is 23.1 Å². The minimum absolute atomic E-state index is 0.0590. The van der Waals surface area contributed by atoms with Gasteiger partial charge in [0.15, 0.2) is 5.82 Å². The molecule has 0 atom stereocenters. The van der Waals surface area contributed by atoms with Gasteiger partial charge in [-0.1, -0.05) is 6.07 Å². The van der Waals surface area contributed by atoms with Crippen LogP contribution >= 0.6 is 0 Å². The van der Waals surface area contributed by atoms with Gasteiger partial charge in [-0.15, -0.1) is 0 Å². The summed E-state index contributed by atoms with van der Waals surface area (Å²) in [6.07, 6.45) is -0.195. The Morgan fingerprint density at radius 2 is 1.92 bits per heavy atom. The molecule has 0 unspecified atom stereocenters. The number of nitrogen functional groups attached to an aromatic ring is 1. The van der Waals surface area contributed by atoms with Crippen molar-refractivity contribution >= 4 is 17.2 Å². The summed E-state index contributed by atoms with van der Waals surface area (Å²) >= 11 is 0. The summed E-state index contributed by atoms with van der Waals surface area (Å²) in [5, 5.41) is 2.74. The quantitative estimate of drug-likeness (QED) is 0.742. The number of halogens is 3. The van der Waals surface area contributed by atoms with Crippen molar-refractivity contribution in [3.63, 3.8) is 0 Å². The van der Waals surface area contributed by atoms with E-state index in [0.717, 1.165) is 12.1 Å². The van der Waals surface area contributed by atoms with Gasteiger partial charge in [-0.05, 0) is 30.3 Å². The van der Waals surface area contributed by atoms with Gasteiger partial charge in [-0.2, -0.15) is 18.2 Å². The molecule has 0 saturated heterocycles. The molecule has 2 aromatic heterocycles. The molecule has 0 bridgehead atoms. The van der Waals surface area contributed by atoms with Gasteiger partial charge in [0, 0.05) is 11.9 Å². The van der Waals surface area contributed by atoms with E-state index < -0.39 is 11.7 Å². The van der Waals surface area contributed by atoms with E-state index in [1.54, 1.807) is 18.3 Å². The largest absolute Gasteiger partial charge is 0.435 e. The van der Waals surface area contributed by atoms with Gasteiger partial charge >= 0.3 is 6.18 Å². The summed E-state index contributed by atoms with van der Waals surface area (Å²) in [5.74, 6) is 0.614. The molecule has 0 fully saturated rings. The van der Waals surface area contributed by atoms with Crippen molar-refractivity contribution in [1.29, 1.82) is 0 Å². The number of hydrogen-bond donors (Lipinski definition) is 2. The minimum atomic E-state index is -4.44. The number of ether oxygens (including phenoxy) is 1. The molecule has 0 aliphatic carbocycles. The van der Waals surface area contributed by atoms with Crippen LogP contribution in [0, 0.1) is 0 Å². The molecule has 0 aliphatic rings. The Morgan fingerprint density at radius 3 is 2.64 bits per heavy atom. The molecular formula is C16H12F3N5O. The highest BCUT2D eigenvalue weighted by Crippen LogP contribution is 2.33. The van der Waals surface area contributed by atoms with Crippen molar-refractivity contribution in [3.05, 3.63) is 60.7 Å². The lowest BCUT2D eigenvalue weighted by molar-refractivity contribution is -0.137. The van der Waals surface area contributed by atoms with Crippen LogP contribution in [0.5, 0.6) is 11.6 Å². The standard InChI is InChI=1S/C16H12F3N5O/c17-16(18,19)10-3-1-4-11(7-10)24-14-13(20)15(23-9-22-14)25-12-5-2-6-21-8-12/h1-9H,20H2,(H,22,23,24). The maximum absolute atomic E-state index is 12.8. The average Bonchev–Trinajstić information content (AvgIpc) is 2.59. The monoisotopic (exact) mass is 347 g/mol. The van der Waals surface area contributed by atoms with Gasteiger partial charge in [0.25, 0.3) is 0 Å². The summed E-state index contributed by atoms with van der Waals surface area (Å²) in [7, 11) is 0. The van der Waals surface area contributed by atoms with Crippen LogP contribution in [0.3, 0.4) is 0 Å². The second-order valence-electron chi connectivity index (χ2n) is 4.94. The fraction of sp³-hybridized carbons (Fsp3) is 0.0625. The molecule has 0 radical (unpaired) electrons. The van der Waals surface area contributed by atoms with Crippen molar-refractivity contribution in [1.82, 2.24) is 15.0 Å². The number of anilines is 3. The van der Waals surface area contributed by atoms with E-state index in [1.807, 2.05) is 0 Å². The molecule has 128 valence electrons. The SMILES string of the molecule is Nc1c(Nc2cccc(C(F)(F)F)c2)ncnc1Oc1cccnc1. The normalized spacial score (nSPS) is 11.2. The summed E-state index contributed by atoms with van der Waals surface area (Å²) in [4.78, 5) is 11.8. The minimum Gasteiger partial charge on any atom is -0.435 e. The Hall–Kier alpha value is -3.36. The number of rotatable bonds is 4. The number of nitrogens with one attached hydrogen (secondary N) is 1. The van der Waals surface area contributed by atoms with E-state index >= 15 is 0 Å². The van der Waals surface area contributed by atoms with Crippen molar-refractivity contribution in [3.8, 4) is 11.6 Å². The molecule has 6 nitrogen and oxygen atoms in total. The summed E-state index contributed by atoms with van der Waals surface area (Å²) < 4.78 is 43.9. The fourth-order valence-electron chi connectivity index (χ4n) is 1.99. The van der Waals surface area contributed by atoms with Crippen molar-refractivity contribution in [2.24, 2.45) is 0 Å². The number of nitrogens with zero attached hydrogens (tertiary/aromatic N) is 3. The Bertz CT molecular complexity index is 871. The lowest BCUT2D eigenvalue weighted by atomic mass is 10.2. The topological polar surface area (TPSA) is 86.0 Å². The third-order valence-corrected chi connectivity index (χ3v) is 3.15. The van der Waals surface area contributed by atoms with Crippen LogP contribution < -0.4 is 15.8 Å². The molecular weight excluding hydrogens is 335 g/mol. The van der Waals surface area contributed by atoms with Crippen LogP contribution in [-0.4, -0.2) is 15.0 Å². The first-order valence-electron chi connectivity index (χ1n) is 7.06. The Labute approximate surface area is 140 Å². The van der Waals surface area contributed by atoms with E-state index in [2.05, 4.69) is 20.3 Å². The summed E-state index contributed by atoms with van der Waals surface area (Å²) in [6, 6.07) is 8.03. The fourth-order valence-corrected chi connectivity index (χ4v) is 1.99. The lowest BCUT2D eigenvalue weighted by Gasteiger charge is -2.13. The number of nitrogens with two attached hydrogens (primary N) is 1. The van der Waals surface area contributed by atoms with Gasteiger partial charge in [0.1, 0.15) is 17.8 Å². The molecule has 0 aliphatic heterocycles. The number of pyridine rings is 1. The molecule has 0 spiro atoms. The second kappa shape index (κ2) is 6.63. The highest BCUT2D eigenvalue weighted by Gasteiger charge is 2.30. The third-order valence-electron chi connectivity index (χ3n) is 3.15. The van der Waals surface area contributed by atoms with Crippen LogP contribution in [0.25, 0.3) is 0 Å². The zero-order chi connectivity index (χ0) is 17.9. The average molecular weight is 347 g/mol. The van der Waals surface area contributed by atoms with Gasteiger partial charge in [0.05, 0.1) is 11.8 Å². The van der Waals surface area contributed by atoms with Gasteiger partial charge < -0.3 is 15.8 Å². The molecule has 3 rings (SSSR count). The van der Waals surface area contributed by atoms with E-state index in [1.165, 1.54) is 24.7 Å². The molecule has 2 heterocycles. The number of aromatic nitrogens is 3. The van der Waals surface area contributed by atoms with E-state index in [9.17, 15) is 13.2 Å². The molecule has 0 saturated carbocycles. The number of alkyl halides is 3. The van der Waals surface area contributed by atoms with E-state index in [0.29, 0.717) is 5.75 Å². The third kappa shape index (κ3) is 3.94. The van der Waals surface area contributed by atoms with Gasteiger partial charge in [-0.25, -0.2) is 4.98 Å². The predicted octanol–water partition coefficient (Wildman–Crippen LogP) is 4.01. The Morgan fingerprint density at radius 1 is 1.08 bits per heavy atom. The Balaban J connectivity index is 1.85. The van der Waals surface area contributed by atoms with E-state index in [4.69, 9.17) is 10.5 Å². The predicted molar refractivity (Wildman–Crippen MR) is 85.5 cm³/mol. The molecule has 3 N–H and O–H groups in total. The maximum atomic E-state index is 12.8. The lowest BCUT2D eigenvalue weighted by Crippen LogP contribution is -2.06. The zero-order valence-electron chi connectivity index (χ0n) is 12.7. The van der Waals surface area contributed by atoms with Gasteiger partial charge in [-0.3, -0.25) is 4.98 Å². The second-order valence-corrected chi connectivity index (χ2v) is 4.94. The summed E-state index contributed by atoms with van der Waals surface area (Å²) in [6.45, 7) is 0. The zero-order valence-corrected chi connectivity index (χ0v) is 12.7.